The van der Waals surface area contributed by atoms with Gasteiger partial charge in [-0.1, -0.05) is 18.2 Å². The van der Waals surface area contributed by atoms with Crippen molar-refractivity contribution in [1.82, 2.24) is 9.80 Å². The summed E-state index contributed by atoms with van der Waals surface area (Å²) in [5, 5.41) is 9.70. The van der Waals surface area contributed by atoms with Gasteiger partial charge in [-0.15, -0.1) is 0 Å². The normalized spacial score (nSPS) is 17.5. The molecule has 2 aromatic carbocycles. The van der Waals surface area contributed by atoms with E-state index in [2.05, 4.69) is 41.8 Å². The van der Waals surface area contributed by atoms with Gasteiger partial charge in [0.1, 0.15) is 5.75 Å². The van der Waals surface area contributed by atoms with Crippen LogP contribution in [0.2, 0.25) is 0 Å². The third-order valence-corrected chi connectivity index (χ3v) is 6.47. The van der Waals surface area contributed by atoms with Crippen molar-refractivity contribution in [2.45, 2.75) is 39.4 Å². The molecule has 2 aromatic rings. The predicted octanol–water partition coefficient (Wildman–Crippen LogP) is 3.40. The van der Waals surface area contributed by atoms with Crippen molar-refractivity contribution in [3.8, 4) is 17.2 Å². The zero-order valence-electron chi connectivity index (χ0n) is 19.5. The Morgan fingerprint density at radius 2 is 1.65 bits per heavy atom. The number of ether oxygens (including phenoxy) is 3. The fraction of sp³-hybridized carbons (Fsp3) is 0.520. The number of hydrogen-bond acceptors (Lipinski definition) is 6. The van der Waals surface area contributed by atoms with Gasteiger partial charge in [-0.25, -0.2) is 0 Å². The van der Waals surface area contributed by atoms with E-state index in [0.717, 1.165) is 62.0 Å². The molecule has 1 atom stereocenters. The zero-order valence-corrected chi connectivity index (χ0v) is 19.5. The molecule has 1 N–H and O–H groups in total. The van der Waals surface area contributed by atoms with Crippen molar-refractivity contribution >= 4 is 0 Å². The Hall–Kier alpha value is -2.28. The van der Waals surface area contributed by atoms with Crippen LogP contribution in [0, 0.1) is 13.8 Å². The van der Waals surface area contributed by atoms with Gasteiger partial charge in [-0.3, -0.25) is 9.80 Å². The van der Waals surface area contributed by atoms with E-state index < -0.39 is 0 Å². The maximum Gasteiger partial charge on any atom is 0.165 e. The van der Waals surface area contributed by atoms with Crippen LogP contribution in [-0.4, -0.2) is 68.5 Å². The van der Waals surface area contributed by atoms with E-state index >= 15 is 0 Å². The summed E-state index contributed by atoms with van der Waals surface area (Å²) in [7, 11) is 5.07. The highest BCUT2D eigenvalue weighted by atomic mass is 16.5. The Labute approximate surface area is 186 Å². The lowest BCUT2D eigenvalue weighted by atomic mass is 10.00. The molecule has 0 unspecified atom stereocenters. The third-order valence-electron chi connectivity index (χ3n) is 6.47. The van der Waals surface area contributed by atoms with Crippen molar-refractivity contribution in [1.29, 1.82) is 0 Å². The number of hydrogen-bond donors (Lipinski definition) is 1. The van der Waals surface area contributed by atoms with Gasteiger partial charge in [0.2, 0.25) is 0 Å². The Morgan fingerprint density at radius 3 is 2.32 bits per heavy atom. The number of nitrogens with zero attached hydrogens (tertiary/aromatic N) is 2. The van der Waals surface area contributed by atoms with E-state index in [1.54, 1.807) is 21.3 Å². The second-order valence-electron chi connectivity index (χ2n) is 8.20. The molecule has 1 fully saturated rings. The maximum absolute atomic E-state index is 9.70. The zero-order chi connectivity index (χ0) is 22.4. The molecule has 0 aliphatic carbocycles. The van der Waals surface area contributed by atoms with Crippen LogP contribution in [0.1, 0.15) is 28.7 Å². The Balaban J connectivity index is 1.72. The van der Waals surface area contributed by atoms with Gasteiger partial charge in [0.15, 0.2) is 11.5 Å². The summed E-state index contributed by atoms with van der Waals surface area (Å²) in [6.07, 6.45) is 0.764. The quantitative estimate of drug-likeness (QED) is 0.661. The molecule has 1 saturated heterocycles. The van der Waals surface area contributed by atoms with E-state index in [1.165, 1.54) is 16.7 Å². The molecule has 0 saturated carbocycles. The molecule has 1 aliphatic rings. The van der Waals surface area contributed by atoms with Crippen LogP contribution in [0.15, 0.2) is 30.3 Å². The Morgan fingerprint density at radius 1 is 0.871 bits per heavy atom. The van der Waals surface area contributed by atoms with Crippen LogP contribution in [0.5, 0.6) is 17.2 Å². The van der Waals surface area contributed by atoms with Crippen LogP contribution >= 0.6 is 0 Å². The molecule has 6 heteroatoms. The average Bonchev–Trinajstić information content (AvgIpc) is 2.78. The number of benzene rings is 2. The molecule has 6 nitrogen and oxygen atoms in total. The van der Waals surface area contributed by atoms with Gasteiger partial charge in [0.05, 0.1) is 21.3 Å². The summed E-state index contributed by atoms with van der Waals surface area (Å²) >= 11 is 0. The number of methoxy groups -OCH3 is 3. The molecular weight excluding hydrogens is 392 g/mol. The van der Waals surface area contributed by atoms with Crippen LogP contribution in [-0.2, 0) is 13.1 Å². The molecule has 3 rings (SSSR count). The number of piperazine rings is 1. The fourth-order valence-electron chi connectivity index (χ4n) is 4.51. The highest BCUT2D eigenvalue weighted by Gasteiger charge is 2.28. The van der Waals surface area contributed by atoms with Gasteiger partial charge >= 0.3 is 0 Å². The molecular formula is C25H36N2O4. The van der Waals surface area contributed by atoms with Gasteiger partial charge in [-0.2, -0.15) is 0 Å². The minimum absolute atomic E-state index is 0.193. The van der Waals surface area contributed by atoms with Crippen LogP contribution in [0.4, 0.5) is 0 Å². The lowest BCUT2D eigenvalue weighted by Gasteiger charge is -2.42. The monoisotopic (exact) mass is 428 g/mol. The molecule has 0 aromatic heterocycles. The SMILES string of the molecule is COc1ccc(CN2CCN(Cc3cccc(OC)c3OC)C[C@@H]2CCO)c(C)c1C. The predicted molar refractivity (Wildman–Crippen MR) is 123 cm³/mol. The molecule has 0 amide bonds. The lowest BCUT2D eigenvalue weighted by molar-refractivity contribution is 0.0494. The van der Waals surface area contributed by atoms with Crippen molar-refractivity contribution in [2.24, 2.45) is 0 Å². The second kappa shape index (κ2) is 10.8. The fourth-order valence-corrected chi connectivity index (χ4v) is 4.51. The summed E-state index contributed by atoms with van der Waals surface area (Å²) < 4.78 is 16.5. The largest absolute Gasteiger partial charge is 0.496 e. The summed E-state index contributed by atoms with van der Waals surface area (Å²) in [6.45, 7) is 9.00. The minimum Gasteiger partial charge on any atom is -0.496 e. The van der Waals surface area contributed by atoms with Gasteiger partial charge in [0.25, 0.3) is 0 Å². The Kier molecular flexibility index (Phi) is 8.18. The molecule has 170 valence electrons. The van der Waals surface area contributed by atoms with E-state index in [9.17, 15) is 5.11 Å². The molecule has 1 heterocycles. The molecule has 0 spiro atoms. The van der Waals surface area contributed by atoms with Gasteiger partial charge in [0, 0.05) is 50.9 Å². The first-order valence-corrected chi connectivity index (χ1v) is 10.9. The van der Waals surface area contributed by atoms with E-state index in [-0.39, 0.29) is 6.61 Å². The molecule has 1 aliphatic heterocycles. The number of aliphatic hydroxyl groups excluding tert-OH is 1. The molecule has 31 heavy (non-hydrogen) atoms. The summed E-state index contributed by atoms with van der Waals surface area (Å²) in [6, 6.07) is 10.6. The topological polar surface area (TPSA) is 54.4 Å². The highest BCUT2D eigenvalue weighted by molar-refractivity contribution is 5.46. The molecule has 0 radical (unpaired) electrons. The molecule has 0 bridgehead atoms. The summed E-state index contributed by atoms with van der Waals surface area (Å²) in [4.78, 5) is 4.95. The van der Waals surface area contributed by atoms with Crippen LogP contribution < -0.4 is 14.2 Å². The highest BCUT2D eigenvalue weighted by Crippen LogP contribution is 2.32. The first-order valence-electron chi connectivity index (χ1n) is 10.9. The van der Waals surface area contributed by atoms with Crippen LogP contribution in [0.25, 0.3) is 0 Å². The van der Waals surface area contributed by atoms with Gasteiger partial charge in [-0.05, 0) is 49.1 Å². The second-order valence-corrected chi connectivity index (χ2v) is 8.20. The number of rotatable bonds is 9. The first-order chi connectivity index (χ1) is 15.0. The smallest absolute Gasteiger partial charge is 0.165 e. The van der Waals surface area contributed by atoms with Crippen LogP contribution in [0.3, 0.4) is 0 Å². The minimum atomic E-state index is 0.193. The van der Waals surface area contributed by atoms with Crippen molar-refractivity contribution in [3.05, 3.63) is 52.6 Å². The van der Waals surface area contributed by atoms with Crippen molar-refractivity contribution in [2.75, 3.05) is 47.6 Å². The Bertz CT molecular complexity index is 871. The summed E-state index contributed by atoms with van der Waals surface area (Å²) in [5.41, 5.74) is 4.93. The van der Waals surface area contributed by atoms with Gasteiger partial charge < -0.3 is 19.3 Å². The van der Waals surface area contributed by atoms with E-state index in [4.69, 9.17) is 14.2 Å². The first kappa shape index (κ1) is 23.4. The average molecular weight is 429 g/mol. The number of aliphatic hydroxyl groups is 1. The maximum atomic E-state index is 9.70. The standard InChI is InChI=1S/C25H36N2O4/c1-18-19(2)23(29-3)10-9-20(18)16-27-13-12-26(17-22(27)11-14-28)15-21-7-6-8-24(30-4)25(21)31-5/h6-10,22,28H,11-17H2,1-5H3/t22-/m0/s1. The number of para-hydroxylation sites is 1. The third kappa shape index (κ3) is 5.32. The van der Waals surface area contributed by atoms with Crippen molar-refractivity contribution < 1.29 is 19.3 Å². The summed E-state index contributed by atoms with van der Waals surface area (Å²) in [5.74, 6) is 2.50. The van der Waals surface area contributed by atoms with E-state index in [0.29, 0.717) is 6.04 Å². The van der Waals surface area contributed by atoms with Crippen molar-refractivity contribution in [3.63, 3.8) is 0 Å². The lowest BCUT2D eigenvalue weighted by Crippen LogP contribution is -2.52. The van der Waals surface area contributed by atoms with E-state index in [1.807, 2.05) is 12.1 Å².